The second kappa shape index (κ2) is 9.64. The molecule has 0 aromatic carbocycles. The zero-order valence-corrected chi connectivity index (χ0v) is 13.5. The van der Waals surface area contributed by atoms with Crippen LogP contribution >= 0.6 is 0 Å². The molecule has 1 fully saturated rings. The van der Waals surface area contributed by atoms with Crippen molar-refractivity contribution in [2.75, 3.05) is 6.61 Å². The summed E-state index contributed by atoms with van der Waals surface area (Å²) < 4.78 is 5.20. The first-order valence-corrected chi connectivity index (χ1v) is 8.23. The fraction of sp³-hybridized carbons (Fsp3) is 0.812. The van der Waals surface area contributed by atoms with Crippen molar-refractivity contribution in [3.63, 3.8) is 0 Å². The first kappa shape index (κ1) is 18.7. The molecule has 1 N–H and O–H groups in total. The van der Waals surface area contributed by atoms with E-state index in [2.05, 4.69) is 0 Å². The van der Waals surface area contributed by atoms with Crippen molar-refractivity contribution in [2.45, 2.75) is 58.7 Å². The second-order valence-corrected chi connectivity index (χ2v) is 6.06. The maximum Gasteiger partial charge on any atom is 0.309 e. The molecule has 0 spiro atoms. The lowest BCUT2D eigenvalue weighted by Gasteiger charge is -2.26. The zero-order valence-electron chi connectivity index (χ0n) is 13.5. The summed E-state index contributed by atoms with van der Waals surface area (Å²) in [6, 6.07) is 0. The Hall–Kier alpha value is -1.33. The van der Waals surface area contributed by atoms with Crippen LogP contribution in [0.1, 0.15) is 52.4 Å². The molecule has 123 valence electrons. The van der Waals surface area contributed by atoms with E-state index in [1.54, 1.807) is 7.28 Å². The lowest BCUT2D eigenvalue weighted by atomic mass is 9.64. The third-order valence-electron chi connectivity index (χ3n) is 4.42. The molecule has 0 saturated heterocycles. The van der Waals surface area contributed by atoms with Gasteiger partial charge in [-0.25, -0.2) is 0 Å². The van der Waals surface area contributed by atoms with E-state index in [4.69, 9.17) is 9.84 Å². The maximum atomic E-state index is 12.0. The number of carboxylic acids is 1. The van der Waals surface area contributed by atoms with Crippen LogP contribution in [0, 0.1) is 17.8 Å². The van der Waals surface area contributed by atoms with E-state index in [1.165, 1.54) is 0 Å². The van der Waals surface area contributed by atoms with E-state index in [9.17, 15) is 14.4 Å². The van der Waals surface area contributed by atoms with Crippen molar-refractivity contribution in [3.8, 4) is 0 Å². The van der Waals surface area contributed by atoms with Gasteiger partial charge in [-0.1, -0.05) is 33.0 Å². The topological polar surface area (TPSA) is 80.7 Å². The Kier molecular flexibility index (Phi) is 8.21. The highest BCUT2D eigenvalue weighted by Crippen LogP contribution is 2.31. The van der Waals surface area contributed by atoms with E-state index >= 15 is 0 Å². The molecular formula is C16H26BO5. The van der Waals surface area contributed by atoms with Gasteiger partial charge < -0.3 is 14.6 Å². The van der Waals surface area contributed by atoms with Crippen LogP contribution in [0.15, 0.2) is 0 Å². The summed E-state index contributed by atoms with van der Waals surface area (Å²) in [5.74, 6) is -2.40. The standard InChI is InChI=1S/C16H26BO5/c1-3-11(2)14(18)17-9-6-10-22-16(21)13-8-5-4-7-12(13)15(19)20/h11-13H,3-10H2,1-2H3,(H,19,20). The summed E-state index contributed by atoms with van der Waals surface area (Å²) in [7, 11) is 1.66. The number of ether oxygens (including phenoxy) is 1. The molecule has 0 bridgehead atoms. The van der Waals surface area contributed by atoms with Gasteiger partial charge >= 0.3 is 11.9 Å². The SMILES string of the molecule is CCC(C)C(=O)[B]CCCOC(=O)C1CCCCC1C(=O)O. The van der Waals surface area contributed by atoms with Crippen LogP contribution in [0.5, 0.6) is 0 Å². The predicted molar refractivity (Wildman–Crippen MR) is 83.7 cm³/mol. The summed E-state index contributed by atoms with van der Waals surface area (Å²) in [5.41, 5.74) is 0.132. The molecule has 3 atom stereocenters. The zero-order chi connectivity index (χ0) is 16.5. The van der Waals surface area contributed by atoms with Gasteiger partial charge in [-0.2, -0.15) is 0 Å². The number of rotatable bonds is 9. The quantitative estimate of drug-likeness (QED) is 0.402. The van der Waals surface area contributed by atoms with Crippen molar-refractivity contribution >= 4 is 24.9 Å². The van der Waals surface area contributed by atoms with Crippen LogP contribution in [0.4, 0.5) is 0 Å². The van der Waals surface area contributed by atoms with Gasteiger partial charge in [0.15, 0.2) is 0 Å². The Morgan fingerprint density at radius 2 is 1.86 bits per heavy atom. The highest BCUT2D eigenvalue weighted by Gasteiger charge is 2.36. The van der Waals surface area contributed by atoms with Gasteiger partial charge in [0, 0.05) is 5.92 Å². The van der Waals surface area contributed by atoms with Gasteiger partial charge in [-0.3, -0.25) is 9.59 Å². The Balaban J connectivity index is 2.25. The lowest BCUT2D eigenvalue weighted by Crippen LogP contribution is -2.34. The monoisotopic (exact) mass is 309 g/mol. The third kappa shape index (κ3) is 5.81. The molecule has 0 heterocycles. The largest absolute Gasteiger partial charge is 0.481 e. The van der Waals surface area contributed by atoms with E-state index in [-0.39, 0.29) is 18.2 Å². The minimum absolute atomic E-state index is 0.0427. The summed E-state index contributed by atoms with van der Waals surface area (Å²) in [6.07, 6.45) is 4.87. The van der Waals surface area contributed by atoms with Crippen molar-refractivity contribution in [3.05, 3.63) is 0 Å². The first-order valence-electron chi connectivity index (χ1n) is 8.23. The van der Waals surface area contributed by atoms with Gasteiger partial charge in [0.05, 0.1) is 24.1 Å². The Labute approximate surface area is 133 Å². The van der Waals surface area contributed by atoms with E-state index in [1.807, 2.05) is 13.8 Å². The first-order chi connectivity index (χ1) is 10.5. The van der Waals surface area contributed by atoms with Gasteiger partial charge in [0.2, 0.25) is 7.28 Å². The maximum absolute atomic E-state index is 12.0. The Morgan fingerprint density at radius 3 is 2.45 bits per heavy atom. The van der Waals surface area contributed by atoms with Gasteiger partial charge in [0.1, 0.15) is 0 Å². The number of aliphatic carboxylic acids is 1. The van der Waals surface area contributed by atoms with Crippen LogP contribution in [-0.4, -0.2) is 36.6 Å². The predicted octanol–water partition coefficient (Wildman–Crippen LogP) is 2.51. The number of esters is 1. The highest BCUT2D eigenvalue weighted by molar-refractivity contribution is 6.74. The van der Waals surface area contributed by atoms with E-state index in [0.717, 1.165) is 19.3 Å². The number of carbonyl (C=O) groups excluding carboxylic acids is 2. The van der Waals surface area contributed by atoms with Crippen molar-refractivity contribution in [2.24, 2.45) is 17.8 Å². The molecule has 0 aromatic heterocycles. The summed E-state index contributed by atoms with van der Waals surface area (Å²) >= 11 is 0. The second-order valence-electron chi connectivity index (χ2n) is 6.06. The molecule has 1 saturated carbocycles. The molecule has 0 aromatic rings. The average molecular weight is 309 g/mol. The van der Waals surface area contributed by atoms with Crippen molar-refractivity contribution in [1.82, 2.24) is 0 Å². The molecule has 0 aliphatic heterocycles. The van der Waals surface area contributed by atoms with E-state index < -0.39 is 23.8 Å². The summed E-state index contributed by atoms with van der Waals surface area (Å²) in [6.45, 7) is 4.11. The fourth-order valence-electron chi connectivity index (χ4n) is 2.72. The van der Waals surface area contributed by atoms with Crippen LogP contribution in [0.25, 0.3) is 0 Å². The molecule has 5 nitrogen and oxygen atoms in total. The minimum atomic E-state index is -0.908. The number of carbonyl (C=O) groups is 3. The molecule has 3 unspecified atom stereocenters. The third-order valence-corrected chi connectivity index (χ3v) is 4.42. The van der Waals surface area contributed by atoms with Crippen LogP contribution < -0.4 is 0 Å². The van der Waals surface area contributed by atoms with Crippen LogP contribution in [-0.2, 0) is 19.1 Å². The van der Waals surface area contributed by atoms with E-state index in [0.29, 0.717) is 25.6 Å². The number of hydrogen-bond donors (Lipinski definition) is 1. The molecule has 1 aliphatic rings. The van der Waals surface area contributed by atoms with Gasteiger partial charge in [0.25, 0.3) is 0 Å². The normalized spacial score (nSPS) is 22.6. The van der Waals surface area contributed by atoms with Crippen LogP contribution in [0.3, 0.4) is 0 Å². The smallest absolute Gasteiger partial charge is 0.309 e. The van der Waals surface area contributed by atoms with Crippen molar-refractivity contribution < 1.29 is 24.2 Å². The molecule has 6 heteroatoms. The Bertz CT molecular complexity index is 396. The lowest BCUT2D eigenvalue weighted by molar-refractivity contribution is -0.159. The van der Waals surface area contributed by atoms with Gasteiger partial charge in [-0.05, 0) is 25.7 Å². The molecular weight excluding hydrogens is 283 g/mol. The minimum Gasteiger partial charge on any atom is -0.481 e. The fourth-order valence-corrected chi connectivity index (χ4v) is 2.72. The molecule has 0 amide bonds. The summed E-state index contributed by atoms with van der Waals surface area (Å²) in [4.78, 5) is 34.8. The summed E-state index contributed by atoms with van der Waals surface area (Å²) in [5, 5.41) is 9.15. The van der Waals surface area contributed by atoms with Crippen LogP contribution in [0.2, 0.25) is 6.32 Å². The van der Waals surface area contributed by atoms with Gasteiger partial charge in [-0.15, -0.1) is 0 Å². The average Bonchev–Trinajstić information content (AvgIpc) is 2.53. The Morgan fingerprint density at radius 1 is 1.23 bits per heavy atom. The molecule has 22 heavy (non-hydrogen) atoms. The number of carboxylic acid groups (broad SMARTS) is 1. The highest BCUT2D eigenvalue weighted by atomic mass is 16.5. The molecule has 1 rings (SSSR count). The molecule has 1 aliphatic carbocycles. The molecule has 1 radical (unpaired) electrons. The van der Waals surface area contributed by atoms with Crippen molar-refractivity contribution in [1.29, 1.82) is 0 Å². The number of hydrogen-bond acceptors (Lipinski definition) is 4.